The number of fused-ring (bicyclic) bond motifs is 2. The number of ether oxygens (including phenoxy) is 1. The summed E-state index contributed by atoms with van der Waals surface area (Å²) in [5.74, 6) is -1.30. The van der Waals surface area contributed by atoms with Crippen LogP contribution in [0.1, 0.15) is 52.3 Å². The van der Waals surface area contributed by atoms with E-state index in [0.29, 0.717) is 10.2 Å². The SMILES string of the molecule is CCOC(=O)C(c1ncn2c1C[C@@H](F)C2)N1Cc2c(cc(Br)cc2C(F)F)C1=O. The number of nitrogens with zero attached hydrogens (tertiary/aromatic N) is 3. The summed E-state index contributed by atoms with van der Waals surface area (Å²) >= 11 is 3.16. The molecule has 1 amide bonds. The average molecular weight is 472 g/mol. The van der Waals surface area contributed by atoms with Crippen LogP contribution in [0, 0.1) is 0 Å². The summed E-state index contributed by atoms with van der Waals surface area (Å²) < 4.78 is 48.0. The van der Waals surface area contributed by atoms with Crippen LogP contribution >= 0.6 is 15.9 Å². The maximum atomic E-state index is 13.9. The molecule has 154 valence electrons. The number of imidazole rings is 1. The molecule has 1 aromatic heterocycles. The molecule has 6 nitrogen and oxygen atoms in total. The van der Waals surface area contributed by atoms with Crippen molar-refractivity contribution in [3.63, 3.8) is 0 Å². The molecule has 10 heteroatoms. The monoisotopic (exact) mass is 471 g/mol. The van der Waals surface area contributed by atoms with Gasteiger partial charge >= 0.3 is 5.97 Å². The number of hydrogen-bond acceptors (Lipinski definition) is 4. The lowest BCUT2D eigenvalue weighted by Gasteiger charge is -2.25. The predicted octanol–water partition coefficient (Wildman–Crippen LogP) is 3.74. The summed E-state index contributed by atoms with van der Waals surface area (Å²) in [7, 11) is 0. The lowest BCUT2D eigenvalue weighted by molar-refractivity contribution is -0.149. The molecule has 0 saturated carbocycles. The first-order valence-electron chi connectivity index (χ1n) is 9.07. The van der Waals surface area contributed by atoms with Gasteiger partial charge in [-0.15, -0.1) is 0 Å². The van der Waals surface area contributed by atoms with Crippen molar-refractivity contribution < 1.29 is 27.5 Å². The molecule has 0 aliphatic carbocycles. The minimum absolute atomic E-state index is 0.0635. The van der Waals surface area contributed by atoms with Crippen molar-refractivity contribution in [1.82, 2.24) is 14.5 Å². The third-order valence-electron chi connectivity index (χ3n) is 5.17. The van der Waals surface area contributed by atoms with E-state index in [-0.39, 0.29) is 48.5 Å². The molecule has 0 radical (unpaired) electrons. The zero-order valence-electron chi connectivity index (χ0n) is 15.4. The molecule has 0 saturated heterocycles. The molecular formula is C19H17BrF3N3O3. The quantitative estimate of drug-likeness (QED) is 0.623. The van der Waals surface area contributed by atoms with Crippen LogP contribution in [-0.4, -0.2) is 39.1 Å². The highest BCUT2D eigenvalue weighted by Gasteiger charge is 2.43. The van der Waals surface area contributed by atoms with E-state index < -0.39 is 30.5 Å². The Kier molecular flexibility index (Phi) is 5.14. The first-order chi connectivity index (χ1) is 13.8. The summed E-state index contributed by atoms with van der Waals surface area (Å²) in [5.41, 5.74) is 0.730. The smallest absolute Gasteiger partial charge is 0.335 e. The number of benzene rings is 1. The Morgan fingerprint density at radius 3 is 2.86 bits per heavy atom. The second-order valence-corrected chi connectivity index (χ2v) is 7.86. The van der Waals surface area contributed by atoms with Gasteiger partial charge in [0.05, 0.1) is 25.2 Å². The van der Waals surface area contributed by atoms with Crippen LogP contribution in [-0.2, 0) is 29.0 Å². The maximum absolute atomic E-state index is 13.9. The van der Waals surface area contributed by atoms with Crippen LogP contribution in [0.15, 0.2) is 22.9 Å². The van der Waals surface area contributed by atoms with Gasteiger partial charge in [0.15, 0.2) is 6.04 Å². The first-order valence-corrected chi connectivity index (χ1v) is 9.87. The molecule has 4 rings (SSSR count). The minimum Gasteiger partial charge on any atom is -0.464 e. The van der Waals surface area contributed by atoms with Crippen molar-refractivity contribution in [2.24, 2.45) is 0 Å². The predicted molar refractivity (Wildman–Crippen MR) is 99.2 cm³/mol. The molecule has 0 fully saturated rings. The van der Waals surface area contributed by atoms with Gasteiger partial charge in [-0.3, -0.25) is 4.79 Å². The van der Waals surface area contributed by atoms with E-state index in [1.54, 1.807) is 11.5 Å². The Bertz CT molecular complexity index is 995. The Morgan fingerprint density at radius 2 is 2.17 bits per heavy atom. The molecule has 1 aromatic carbocycles. The van der Waals surface area contributed by atoms with Gasteiger partial charge in [0.25, 0.3) is 12.3 Å². The van der Waals surface area contributed by atoms with E-state index in [2.05, 4.69) is 20.9 Å². The van der Waals surface area contributed by atoms with Crippen LogP contribution in [0.4, 0.5) is 13.2 Å². The van der Waals surface area contributed by atoms with Crippen molar-refractivity contribution in [3.05, 3.63) is 51.0 Å². The Morgan fingerprint density at radius 1 is 1.41 bits per heavy atom. The third-order valence-corrected chi connectivity index (χ3v) is 5.63. The molecular weight excluding hydrogens is 455 g/mol. The van der Waals surface area contributed by atoms with E-state index in [1.807, 2.05) is 0 Å². The fraction of sp³-hybridized carbons (Fsp3) is 0.421. The summed E-state index contributed by atoms with van der Waals surface area (Å²) in [5, 5.41) is 0. The number of amides is 1. The van der Waals surface area contributed by atoms with Crippen LogP contribution < -0.4 is 0 Å². The number of halogens is 4. The van der Waals surface area contributed by atoms with Gasteiger partial charge in [0.1, 0.15) is 6.17 Å². The van der Waals surface area contributed by atoms with E-state index in [1.165, 1.54) is 23.4 Å². The summed E-state index contributed by atoms with van der Waals surface area (Å²) in [6.45, 7) is 1.63. The molecule has 2 aliphatic rings. The van der Waals surface area contributed by atoms with Gasteiger partial charge in [-0.25, -0.2) is 22.9 Å². The summed E-state index contributed by atoms with van der Waals surface area (Å²) in [6, 6.07) is 1.49. The van der Waals surface area contributed by atoms with E-state index >= 15 is 0 Å². The van der Waals surface area contributed by atoms with E-state index in [9.17, 15) is 22.8 Å². The fourth-order valence-electron chi connectivity index (χ4n) is 3.95. The van der Waals surface area contributed by atoms with Gasteiger partial charge in [-0.2, -0.15) is 0 Å². The highest BCUT2D eigenvalue weighted by molar-refractivity contribution is 9.10. The van der Waals surface area contributed by atoms with Gasteiger partial charge < -0.3 is 14.2 Å². The lowest BCUT2D eigenvalue weighted by Crippen LogP contribution is -2.36. The molecule has 0 N–H and O–H groups in total. The summed E-state index contributed by atoms with van der Waals surface area (Å²) in [6.07, 6.45) is -2.40. The van der Waals surface area contributed by atoms with Crippen LogP contribution in [0.25, 0.3) is 0 Å². The largest absolute Gasteiger partial charge is 0.464 e. The van der Waals surface area contributed by atoms with Gasteiger partial charge in [-0.05, 0) is 24.6 Å². The zero-order chi connectivity index (χ0) is 20.9. The third kappa shape index (κ3) is 3.33. The van der Waals surface area contributed by atoms with Crippen LogP contribution in [0.2, 0.25) is 0 Å². The Labute approximate surface area is 172 Å². The van der Waals surface area contributed by atoms with Crippen molar-refractivity contribution in [2.75, 3.05) is 6.61 Å². The first kappa shape index (κ1) is 19.9. The minimum atomic E-state index is -2.78. The molecule has 0 bridgehead atoms. The topological polar surface area (TPSA) is 64.4 Å². The molecule has 3 heterocycles. The van der Waals surface area contributed by atoms with Crippen LogP contribution in [0.5, 0.6) is 0 Å². The number of alkyl halides is 3. The molecule has 0 spiro atoms. The van der Waals surface area contributed by atoms with Crippen molar-refractivity contribution in [3.8, 4) is 0 Å². The molecule has 2 atom stereocenters. The number of carbonyl (C=O) groups excluding carboxylic acids is 2. The van der Waals surface area contributed by atoms with E-state index in [4.69, 9.17) is 4.74 Å². The van der Waals surface area contributed by atoms with Gasteiger partial charge in [0.2, 0.25) is 0 Å². The van der Waals surface area contributed by atoms with Crippen molar-refractivity contribution in [1.29, 1.82) is 0 Å². The number of hydrogen-bond donors (Lipinski definition) is 0. The van der Waals surface area contributed by atoms with Crippen molar-refractivity contribution >= 4 is 27.8 Å². The molecule has 1 unspecified atom stereocenters. The normalized spacial score (nSPS) is 18.9. The van der Waals surface area contributed by atoms with Crippen molar-refractivity contribution in [2.45, 2.75) is 45.1 Å². The number of rotatable bonds is 5. The second-order valence-electron chi connectivity index (χ2n) is 6.94. The zero-order valence-corrected chi connectivity index (χ0v) is 17.0. The molecule has 2 aliphatic heterocycles. The number of aromatic nitrogens is 2. The maximum Gasteiger partial charge on any atom is 0.335 e. The highest BCUT2D eigenvalue weighted by Crippen LogP contribution is 2.39. The van der Waals surface area contributed by atoms with E-state index in [0.717, 1.165) is 0 Å². The number of carbonyl (C=O) groups is 2. The van der Waals surface area contributed by atoms with Gasteiger partial charge in [-0.1, -0.05) is 15.9 Å². The molecule has 2 aromatic rings. The summed E-state index contributed by atoms with van der Waals surface area (Å²) in [4.78, 5) is 31.3. The van der Waals surface area contributed by atoms with Gasteiger partial charge in [0, 0.05) is 34.3 Å². The lowest BCUT2D eigenvalue weighted by atomic mass is 10.0. The average Bonchev–Trinajstić information content (AvgIpc) is 3.30. The van der Waals surface area contributed by atoms with Crippen LogP contribution in [0.3, 0.4) is 0 Å². The Hall–Kier alpha value is -2.36. The fourth-order valence-corrected chi connectivity index (χ4v) is 4.43. The number of esters is 1. The molecule has 29 heavy (non-hydrogen) atoms. The highest BCUT2D eigenvalue weighted by atomic mass is 79.9. The second kappa shape index (κ2) is 7.47. The Balaban J connectivity index is 1.78. The standard InChI is InChI=1S/C19H17BrF3N3O3/c1-2-29-19(28)16(15-14-5-10(21)6-25(14)8-24-15)26-7-13-11(17(22)23)3-9(20)4-12(13)18(26)27/h3-4,8,10,16-17H,2,5-7H2,1H3/t10-,16?/m1/s1.